The van der Waals surface area contributed by atoms with Gasteiger partial charge in [0.2, 0.25) is 5.95 Å². The SMILES string of the molecule is CC(C)(C)C(=O)OCCOCn1cnc2c(=O)[nH]c(N)nc21. The number of fused-ring (bicyclic) bond motifs is 1. The van der Waals surface area contributed by atoms with Crippen LogP contribution < -0.4 is 11.3 Å². The summed E-state index contributed by atoms with van der Waals surface area (Å²) >= 11 is 0. The maximum Gasteiger partial charge on any atom is 0.311 e. The first-order chi connectivity index (χ1) is 10.3. The standard InChI is InChI=1S/C13H19N5O4/c1-13(2,3)11(20)22-5-4-21-7-18-6-15-8-9(18)16-12(14)17-10(8)19/h6H,4-5,7H2,1-3H3,(H3,14,16,17,19). The number of aromatic amines is 1. The Bertz CT molecular complexity index is 728. The Morgan fingerprint density at radius 1 is 1.41 bits per heavy atom. The number of carbonyl (C=O) groups is 1. The Balaban J connectivity index is 1.88. The zero-order valence-corrected chi connectivity index (χ0v) is 12.8. The van der Waals surface area contributed by atoms with Gasteiger partial charge >= 0.3 is 5.97 Å². The fraction of sp³-hybridized carbons (Fsp3) is 0.538. The fourth-order valence-corrected chi connectivity index (χ4v) is 1.64. The minimum atomic E-state index is -0.539. The molecule has 0 saturated heterocycles. The van der Waals surface area contributed by atoms with Gasteiger partial charge in [0.15, 0.2) is 11.2 Å². The fourth-order valence-electron chi connectivity index (χ4n) is 1.64. The van der Waals surface area contributed by atoms with Crippen molar-refractivity contribution in [2.24, 2.45) is 5.41 Å². The third kappa shape index (κ3) is 3.61. The largest absolute Gasteiger partial charge is 0.463 e. The van der Waals surface area contributed by atoms with E-state index < -0.39 is 11.0 Å². The molecule has 0 saturated carbocycles. The molecule has 0 bridgehead atoms. The molecule has 2 aromatic heterocycles. The monoisotopic (exact) mass is 309 g/mol. The van der Waals surface area contributed by atoms with E-state index in [1.54, 1.807) is 25.3 Å². The molecule has 3 N–H and O–H groups in total. The molecule has 0 fully saturated rings. The van der Waals surface area contributed by atoms with Gasteiger partial charge in [-0.1, -0.05) is 0 Å². The van der Waals surface area contributed by atoms with Crippen molar-refractivity contribution in [2.45, 2.75) is 27.5 Å². The highest BCUT2D eigenvalue weighted by molar-refractivity contribution is 5.75. The summed E-state index contributed by atoms with van der Waals surface area (Å²) in [5.74, 6) is -0.275. The van der Waals surface area contributed by atoms with E-state index >= 15 is 0 Å². The van der Waals surface area contributed by atoms with Crippen molar-refractivity contribution in [3.05, 3.63) is 16.7 Å². The maximum atomic E-state index is 11.6. The lowest BCUT2D eigenvalue weighted by atomic mass is 9.97. The molecule has 22 heavy (non-hydrogen) atoms. The third-order valence-electron chi connectivity index (χ3n) is 2.80. The number of hydrogen-bond donors (Lipinski definition) is 2. The highest BCUT2D eigenvalue weighted by Crippen LogP contribution is 2.14. The number of nitrogen functional groups attached to an aromatic ring is 1. The summed E-state index contributed by atoms with van der Waals surface area (Å²) in [5, 5.41) is 0. The van der Waals surface area contributed by atoms with E-state index in [0.717, 1.165) is 0 Å². The van der Waals surface area contributed by atoms with Gasteiger partial charge in [-0.15, -0.1) is 0 Å². The van der Waals surface area contributed by atoms with Crippen molar-refractivity contribution in [1.29, 1.82) is 0 Å². The van der Waals surface area contributed by atoms with E-state index in [1.165, 1.54) is 6.33 Å². The van der Waals surface area contributed by atoms with Crippen LogP contribution in [0, 0.1) is 5.41 Å². The molecule has 2 rings (SSSR count). The zero-order valence-electron chi connectivity index (χ0n) is 12.8. The van der Waals surface area contributed by atoms with Crippen LogP contribution in [-0.2, 0) is 21.0 Å². The molecule has 2 aromatic rings. The Labute approximate surface area is 126 Å². The number of nitrogens with one attached hydrogen (secondary N) is 1. The number of rotatable bonds is 5. The molecule has 9 nitrogen and oxygen atoms in total. The number of aromatic nitrogens is 4. The van der Waals surface area contributed by atoms with Crippen molar-refractivity contribution >= 4 is 23.1 Å². The minimum absolute atomic E-state index is 0.0124. The lowest BCUT2D eigenvalue weighted by Crippen LogP contribution is -2.24. The third-order valence-corrected chi connectivity index (χ3v) is 2.80. The van der Waals surface area contributed by atoms with Gasteiger partial charge in [0.1, 0.15) is 13.3 Å². The predicted octanol–water partition coefficient (Wildman–Crippen LogP) is 0.265. The molecule has 0 aliphatic carbocycles. The quantitative estimate of drug-likeness (QED) is 0.599. The lowest BCUT2D eigenvalue weighted by Gasteiger charge is -2.16. The van der Waals surface area contributed by atoms with Gasteiger partial charge in [0.05, 0.1) is 18.3 Å². The maximum absolute atomic E-state index is 11.6. The Morgan fingerprint density at radius 2 is 2.14 bits per heavy atom. The molecular formula is C13H19N5O4. The van der Waals surface area contributed by atoms with Crippen LogP contribution in [0.25, 0.3) is 11.2 Å². The molecular weight excluding hydrogens is 290 g/mol. The van der Waals surface area contributed by atoms with Crippen LogP contribution in [0.3, 0.4) is 0 Å². The van der Waals surface area contributed by atoms with E-state index in [9.17, 15) is 9.59 Å². The van der Waals surface area contributed by atoms with E-state index in [-0.39, 0.29) is 37.4 Å². The molecule has 0 radical (unpaired) electrons. The second-order valence-corrected chi connectivity index (χ2v) is 5.76. The highest BCUT2D eigenvalue weighted by Gasteiger charge is 2.22. The van der Waals surface area contributed by atoms with Crippen LogP contribution in [0.4, 0.5) is 5.95 Å². The topological polar surface area (TPSA) is 125 Å². The van der Waals surface area contributed by atoms with Gasteiger partial charge in [0, 0.05) is 0 Å². The second-order valence-electron chi connectivity index (χ2n) is 5.76. The van der Waals surface area contributed by atoms with Crippen molar-refractivity contribution in [1.82, 2.24) is 19.5 Å². The number of anilines is 1. The molecule has 9 heteroatoms. The average Bonchev–Trinajstić information content (AvgIpc) is 2.80. The summed E-state index contributed by atoms with van der Waals surface area (Å²) in [7, 11) is 0. The first-order valence-electron chi connectivity index (χ1n) is 6.74. The number of ether oxygens (including phenoxy) is 2. The number of nitrogens with zero attached hydrogens (tertiary/aromatic N) is 3. The van der Waals surface area contributed by atoms with Gasteiger partial charge < -0.3 is 15.2 Å². The summed E-state index contributed by atoms with van der Waals surface area (Å²) in [5.41, 5.74) is 5.09. The number of nitrogens with two attached hydrogens (primary N) is 1. The number of hydrogen-bond acceptors (Lipinski definition) is 7. The normalized spacial score (nSPS) is 11.8. The van der Waals surface area contributed by atoms with Crippen LogP contribution in [0.2, 0.25) is 0 Å². The van der Waals surface area contributed by atoms with E-state index in [1.807, 2.05) is 0 Å². The van der Waals surface area contributed by atoms with Crippen molar-refractivity contribution in [3.63, 3.8) is 0 Å². The minimum Gasteiger partial charge on any atom is -0.463 e. The smallest absolute Gasteiger partial charge is 0.311 e. The number of H-pyrrole nitrogens is 1. The van der Waals surface area contributed by atoms with Gasteiger partial charge in [-0.2, -0.15) is 4.98 Å². The number of carbonyl (C=O) groups excluding carboxylic acids is 1. The summed E-state index contributed by atoms with van der Waals surface area (Å²) in [6.07, 6.45) is 1.44. The Hall–Kier alpha value is -2.42. The highest BCUT2D eigenvalue weighted by atomic mass is 16.6. The van der Waals surface area contributed by atoms with Gasteiger partial charge in [-0.05, 0) is 20.8 Å². The average molecular weight is 309 g/mol. The molecule has 0 amide bonds. The molecule has 0 spiro atoms. The van der Waals surface area contributed by atoms with Gasteiger partial charge in [-0.25, -0.2) is 4.98 Å². The zero-order chi connectivity index (χ0) is 16.3. The molecule has 0 aliphatic heterocycles. The van der Waals surface area contributed by atoms with Gasteiger partial charge in [0.25, 0.3) is 5.56 Å². The van der Waals surface area contributed by atoms with Crippen molar-refractivity contribution in [3.8, 4) is 0 Å². The van der Waals surface area contributed by atoms with Crippen LogP contribution in [-0.4, -0.2) is 38.7 Å². The molecule has 2 heterocycles. The molecule has 0 atom stereocenters. The summed E-state index contributed by atoms with van der Waals surface area (Å²) in [6, 6.07) is 0. The van der Waals surface area contributed by atoms with Crippen LogP contribution in [0.1, 0.15) is 20.8 Å². The summed E-state index contributed by atoms with van der Waals surface area (Å²) in [6.45, 7) is 5.84. The number of esters is 1. The van der Waals surface area contributed by atoms with Crippen LogP contribution in [0.5, 0.6) is 0 Å². The summed E-state index contributed by atoms with van der Waals surface area (Å²) < 4.78 is 12.0. The molecule has 0 aromatic carbocycles. The summed E-state index contributed by atoms with van der Waals surface area (Å²) in [4.78, 5) is 33.5. The van der Waals surface area contributed by atoms with Crippen molar-refractivity contribution in [2.75, 3.05) is 18.9 Å². The molecule has 0 unspecified atom stereocenters. The Morgan fingerprint density at radius 3 is 2.82 bits per heavy atom. The van der Waals surface area contributed by atoms with E-state index in [4.69, 9.17) is 15.2 Å². The number of imidazole rings is 1. The Kier molecular flexibility index (Phi) is 4.45. The first-order valence-corrected chi connectivity index (χ1v) is 6.74. The van der Waals surface area contributed by atoms with Crippen molar-refractivity contribution < 1.29 is 14.3 Å². The van der Waals surface area contributed by atoms with Crippen LogP contribution >= 0.6 is 0 Å². The van der Waals surface area contributed by atoms with E-state index in [0.29, 0.717) is 5.65 Å². The molecule has 120 valence electrons. The van der Waals surface area contributed by atoms with Gasteiger partial charge in [-0.3, -0.25) is 19.1 Å². The van der Waals surface area contributed by atoms with Crippen LogP contribution in [0.15, 0.2) is 11.1 Å². The molecule has 0 aliphatic rings. The lowest BCUT2D eigenvalue weighted by molar-refractivity contribution is -0.154. The van der Waals surface area contributed by atoms with E-state index in [2.05, 4.69) is 15.0 Å². The predicted molar refractivity (Wildman–Crippen MR) is 78.9 cm³/mol. The first kappa shape index (κ1) is 16.0. The second kappa shape index (κ2) is 6.14.